The summed E-state index contributed by atoms with van der Waals surface area (Å²) in [6.45, 7) is 0. The molecule has 116 valence electrons. The summed E-state index contributed by atoms with van der Waals surface area (Å²) in [5, 5.41) is 9.14. The summed E-state index contributed by atoms with van der Waals surface area (Å²) < 4.78 is 23.5. The van der Waals surface area contributed by atoms with Crippen molar-refractivity contribution >= 4 is 18.0 Å². The average Bonchev–Trinajstić information content (AvgIpc) is 2.55. The molecule has 1 aliphatic rings. The number of phenolic OH excluding ortho intramolecular Hbond substituents is 1. The third kappa shape index (κ3) is 3.06. The first kappa shape index (κ1) is 14.8. The molecular weight excluding hydrogens is 303 g/mol. The van der Waals surface area contributed by atoms with Gasteiger partial charge >= 0.3 is 11.9 Å². The standard InChI is InChI=1S/C17H11FO5/c18-13-9-10(6-7-14(13)19)8-12-15(20)22-17(23-16(12)21)11-4-2-1-3-5-11/h1-9,17,19H. The summed E-state index contributed by atoms with van der Waals surface area (Å²) in [6.07, 6.45) is 0.0407. The SMILES string of the molecule is O=C1OC(c2ccccc2)OC(=O)C1=Cc1ccc(O)c(F)c1. The topological polar surface area (TPSA) is 72.8 Å². The number of hydrogen-bond acceptors (Lipinski definition) is 5. The van der Waals surface area contributed by atoms with Crippen molar-refractivity contribution < 1.29 is 28.6 Å². The highest BCUT2D eigenvalue weighted by atomic mass is 19.1. The van der Waals surface area contributed by atoms with Crippen molar-refractivity contribution in [2.75, 3.05) is 0 Å². The van der Waals surface area contributed by atoms with Crippen LogP contribution in [-0.2, 0) is 19.1 Å². The molecule has 3 rings (SSSR count). The van der Waals surface area contributed by atoms with Crippen LogP contribution in [0.25, 0.3) is 6.08 Å². The summed E-state index contributed by atoms with van der Waals surface area (Å²) >= 11 is 0. The Morgan fingerprint density at radius 1 is 1.00 bits per heavy atom. The minimum absolute atomic E-state index is 0.224. The zero-order valence-corrected chi connectivity index (χ0v) is 11.7. The van der Waals surface area contributed by atoms with E-state index in [0.29, 0.717) is 5.56 Å². The maximum absolute atomic E-state index is 13.3. The molecule has 1 N–H and O–H groups in total. The second kappa shape index (κ2) is 5.92. The zero-order chi connectivity index (χ0) is 16.4. The molecule has 0 saturated carbocycles. The molecule has 1 saturated heterocycles. The predicted molar refractivity (Wildman–Crippen MR) is 77.4 cm³/mol. The molecule has 1 fully saturated rings. The number of benzene rings is 2. The average molecular weight is 314 g/mol. The number of hydrogen-bond donors (Lipinski definition) is 1. The molecule has 6 heteroatoms. The van der Waals surface area contributed by atoms with E-state index in [0.717, 1.165) is 18.2 Å². The van der Waals surface area contributed by atoms with Gasteiger partial charge in [0.1, 0.15) is 5.57 Å². The minimum Gasteiger partial charge on any atom is -0.505 e. The van der Waals surface area contributed by atoms with Crippen LogP contribution in [0.2, 0.25) is 0 Å². The molecule has 0 bridgehead atoms. The first-order valence-electron chi connectivity index (χ1n) is 6.72. The fourth-order valence-corrected chi connectivity index (χ4v) is 2.07. The number of aromatic hydroxyl groups is 1. The van der Waals surface area contributed by atoms with Gasteiger partial charge in [0.05, 0.1) is 0 Å². The lowest BCUT2D eigenvalue weighted by molar-refractivity contribution is -0.195. The van der Waals surface area contributed by atoms with Crippen LogP contribution in [0, 0.1) is 5.82 Å². The van der Waals surface area contributed by atoms with Gasteiger partial charge in [0.2, 0.25) is 0 Å². The molecule has 2 aromatic rings. The van der Waals surface area contributed by atoms with Crippen LogP contribution < -0.4 is 0 Å². The first-order chi connectivity index (χ1) is 11.0. The van der Waals surface area contributed by atoms with E-state index in [-0.39, 0.29) is 11.1 Å². The van der Waals surface area contributed by atoms with Gasteiger partial charge in [-0.05, 0) is 23.8 Å². The summed E-state index contributed by atoms with van der Waals surface area (Å²) in [5.74, 6) is -3.10. The summed E-state index contributed by atoms with van der Waals surface area (Å²) in [4.78, 5) is 24.0. The molecule has 0 unspecified atom stereocenters. The molecule has 0 aliphatic carbocycles. The van der Waals surface area contributed by atoms with Gasteiger partial charge in [-0.15, -0.1) is 0 Å². The van der Waals surface area contributed by atoms with E-state index < -0.39 is 29.8 Å². The van der Waals surface area contributed by atoms with Crippen LogP contribution in [0.3, 0.4) is 0 Å². The molecule has 0 spiro atoms. The Labute approximate surface area is 130 Å². The number of phenols is 1. The van der Waals surface area contributed by atoms with Crippen LogP contribution >= 0.6 is 0 Å². The van der Waals surface area contributed by atoms with Gasteiger partial charge < -0.3 is 14.6 Å². The van der Waals surface area contributed by atoms with Gasteiger partial charge in [0.15, 0.2) is 11.6 Å². The highest BCUT2D eigenvalue weighted by Crippen LogP contribution is 2.28. The largest absolute Gasteiger partial charge is 0.505 e. The lowest BCUT2D eigenvalue weighted by Crippen LogP contribution is -2.29. The van der Waals surface area contributed by atoms with Crippen molar-refractivity contribution in [3.63, 3.8) is 0 Å². The second-order valence-corrected chi connectivity index (χ2v) is 4.82. The van der Waals surface area contributed by atoms with Crippen molar-refractivity contribution in [3.8, 4) is 5.75 Å². The Morgan fingerprint density at radius 2 is 1.65 bits per heavy atom. The number of rotatable bonds is 2. The van der Waals surface area contributed by atoms with Gasteiger partial charge in [-0.2, -0.15) is 0 Å². The summed E-state index contributed by atoms with van der Waals surface area (Å²) in [7, 11) is 0. The molecule has 1 aliphatic heterocycles. The number of cyclic esters (lactones) is 2. The van der Waals surface area contributed by atoms with Crippen LogP contribution in [0.15, 0.2) is 54.1 Å². The van der Waals surface area contributed by atoms with E-state index in [1.165, 1.54) is 6.07 Å². The predicted octanol–water partition coefficient (Wildman–Crippen LogP) is 2.71. The van der Waals surface area contributed by atoms with Crippen LogP contribution in [-0.4, -0.2) is 17.0 Å². The number of carbonyl (C=O) groups excluding carboxylic acids is 2. The van der Waals surface area contributed by atoms with Crippen molar-refractivity contribution in [1.29, 1.82) is 0 Å². The van der Waals surface area contributed by atoms with E-state index in [2.05, 4.69) is 0 Å². The molecular formula is C17H11FO5. The maximum atomic E-state index is 13.3. The van der Waals surface area contributed by atoms with E-state index in [1.807, 2.05) is 0 Å². The Balaban J connectivity index is 1.85. The second-order valence-electron chi connectivity index (χ2n) is 4.82. The van der Waals surface area contributed by atoms with Gasteiger partial charge in [-0.1, -0.05) is 36.4 Å². The molecule has 2 aromatic carbocycles. The minimum atomic E-state index is -1.11. The van der Waals surface area contributed by atoms with Crippen LogP contribution in [0.5, 0.6) is 5.75 Å². The van der Waals surface area contributed by atoms with Crippen LogP contribution in [0.1, 0.15) is 17.4 Å². The molecule has 0 radical (unpaired) electrons. The van der Waals surface area contributed by atoms with Crippen molar-refractivity contribution in [3.05, 3.63) is 71.0 Å². The lowest BCUT2D eigenvalue weighted by atomic mass is 10.1. The molecule has 0 aromatic heterocycles. The Kier molecular flexibility index (Phi) is 3.80. The highest BCUT2D eigenvalue weighted by Gasteiger charge is 2.34. The molecule has 1 heterocycles. The Hall–Kier alpha value is -3.15. The number of esters is 2. The maximum Gasteiger partial charge on any atom is 0.348 e. The van der Waals surface area contributed by atoms with Crippen molar-refractivity contribution in [1.82, 2.24) is 0 Å². The van der Waals surface area contributed by atoms with Crippen molar-refractivity contribution in [2.24, 2.45) is 0 Å². The Bertz CT molecular complexity index is 778. The molecule has 23 heavy (non-hydrogen) atoms. The molecule has 5 nitrogen and oxygen atoms in total. The third-order valence-corrected chi connectivity index (χ3v) is 3.22. The lowest BCUT2D eigenvalue weighted by Gasteiger charge is -2.23. The van der Waals surface area contributed by atoms with E-state index in [1.54, 1.807) is 30.3 Å². The van der Waals surface area contributed by atoms with E-state index in [9.17, 15) is 14.0 Å². The third-order valence-electron chi connectivity index (χ3n) is 3.22. The van der Waals surface area contributed by atoms with Crippen molar-refractivity contribution in [2.45, 2.75) is 6.29 Å². The van der Waals surface area contributed by atoms with Gasteiger partial charge in [0, 0.05) is 5.56 Å². The monoisotopic (exact) mass is 314 g/mol. The van der Waals surface area contributed by atoms with E-state index in [4.69, 9.17) is 14.6 Å². The van der Waals surface area contributed by atoms with Gasteiger partial charge in [0.25, 0.3) is 6.29 Å². The smallest absolute Gasteiger partial charge is 0.348 e. The number of ether oxygens (including phenoxy) is 2. The van der Waals surface area contributed by atoms with E-state index >= 15 is 0 Å². The molecule has 0 amide bonds. The van der Waals surface area contributed by atoms with Gasteiger partial charge in [-0.3, -0.25) is 0 Å². The number of halogens is 1. The number of carbonyl (C=O) groups is 2. The zero-order valence-electron chi connectivity index (χ0n) is 11.7. The Morgan fingerprint density at radius 3 is 2.26 bits per heavy atom. The first-order valence-corrected chi connectivity index (χ1v) is 6.72. The quantitative estimate of drug-likeness (QED) is 0.524. The normalized spacial score (nSPS) is 17.4. The fourth-order valence-electron chi connectivity index (χ4n) is 2.07. The van der Waals surface area contributed by atoms with Gasteiger partial charge in [-0.25, -0.2) is 14.0 Å². The van der Waals surface area contributed by atoms with Crippen LogP contribution in [0.4, 0.5) is 4.39 Å². The molecule has 0 atom stereocenters. The highest BCUT2D eigenvalue weighted by molar-refractivity contribution is 6.18. The summed E-state index contributed by atoms with van der Waals surface area (Å²) in [6, 6.07) is 12.0. The fraction of sp³-hybridized carbons (Fsp3) is 0.0588. The summed E-state index contributed by atoms with van der Waals surface area (Å²) in [5.41, 5.74) is 0.411.